The van der Waals surface area contributed by atoms with E-state index in [1.165, 1.54) is 0 Å². The first kappa shape index (κ1) is 14.4. The highest BCUT2D eigenvalue weighted by atomic mass is 16.2. The zero-order chi connectivity index (χ0) is 13.4. The molecule has 0 aromatic rings. The van der Waals surface area contributed by atoms with Gasteiger partial charge in [0.25, 0.3) is 0 Å². The minimum Gasteiger partial charge on any atom is -0.342 e. The second-order valence-electron chi connectivity index (χ2n) is 4.30. The first-order chi connectivity index (χ1) is 8.71. The molecule has 1 aliphatic heterocycles. The van der Waals surface area contributed by atoms with E-state index in [4.69, 9.17) is 10.5 Å². The lowest BCUT2D eigenvalue weighted by atomic mass is 10.2. The Bertz CT molecular complexity index is 348. The molecule has 1 unspecified atom stereocenters. The van der Waals surface area contributed by atoms with E-state index in [2.05, 4.69) is 16.3 Å². The van der Waals surface area contributed by atoms with Crippen molar-refractivity contribution in [1.82, 2.24) is 15.1 Å². The molecule has 0 bridgehead atoms. The second-order valence-corrected chi connectivity index (χ2v) is 4.30. The van der Waals surface area contributed by atoms with Gasteiger partial charge in [-0.15, -0.1) is 0 Å². The Labute approximate surface area is 108 Å². The number of nitrogens with one attached hydrogen (secondary N) is 1. The van der Waals surface area contributed by atoms with Crippen molar-refractivity contribution in [3.8, 4) is 12.1 Å². The second kappa shape index (κ2) is 7.65. The highest BCUT2D eigenvalue weighted by molar-refractivity contribution is 5.78. The van der Waals surface area contributed by atoms with E-state index >= 15 is 0 Å². The molecule has 18 heavy (non-hydrogen) atoms. The van der Waals surface area contributed by atoms with E-state index in [0.29, 0.717) is 6.54 Å². The summed E-state index contributed by atoms with van der Waals surface area (Å²) < 4.78 is 0. The predicted molar refractivity (Wildman–Crippen MR) is 66.3 cm³/mol. The average molecular weight is 249 g/mol. The van der Waals surface area contributed by atoms with Gasteiger partial charge in [-0.1, -0.05) is 6.92 Å². The van der Waals surface area contributed by atoms with Gasteiger partial charge in [0.15, 0.2) is 0 Å². The summed E-state index contributed by atoms with van der Waals surface area (Å²) in [6, 6.07) is 4.16. The molecule has 0 saturated carbocycles. The van der Waals surface area contributed by atoms with Gasteiger partial charge in [-0.2, -0.15) is 10.5 Å². The molecule has 6 heteroatoms. The number of hydrogen-bond acceptors (Lipinski definition) is 5. The maximum Gasteiger partial charge on any atom is 0.235 e. The summed E-state index contributed by atoms with van der Waals surface area (Å²) >= 11 is 0. The van der Waals surface area contributed by atoms with Crippen LogP contribution in [-0.4, -0.2) is 61.0 Å². The Kier molecular flexibility index (Phi) is 6.13. The Morgan fingerprint density at radius 3 is 2.50 bits per heavy atom. The molecular formula is C12H19N5O. The van der Waals surface area contributed by atoms with Crippen molar-refractivity contribution in [2.75, 3.05) is 39.3 Å². The van der Waals surface area contributed by atoms with Crippen molar-refractivity contribution in [1.29, 1.82) is 10.5 Å². The summed E-state index contributed by atoms with van der Waals surface area (Å²) in [6.45, 7) is 5.62. The van der Waals surface area contributed by atoms with E-state index in [9.17, 15) is 4.79 Å². The van der Waals surface area contributed by atoms with Gasteiger partial charge in [-0.05, 0) is 6.42 Å². The van der Waals surface area contributed by atoms with Crippen LogP contribution in [0.5, 0.6) is 0 Å². The normalized spacial score (nSPS) is 18.6. The molecule has 1 amide bonds. The minimum absolute atomic E-state index is 0.0143. The summed E-state index contributed by atoms with van der Waals surface area (Å²) in [4.78, 5) is 15.6. The van der Waals surface area contributed by atoms with Crippen LogP contribution in [0.2, 0.25) is 0 Å². The van der Waals surface area contributed by atoms with Crippen LogP contribution in [-0.2, 0) is 4.79 Å². The smallest absolute Gasteiger partial charge is 0.235 e. The standard InChI is InChI=1S/C12H19N5O/c1-2-11(9-14)17-7-5-16(6-8-17)10-12(18)15-4-3-13/h11H,2,4-8,10H2,1H3,(H,15,18). The SMILES string of the molecule is CCC(C#N)N1CCN(CC(=O)NCC#N)CC1. The van der Waals surface area contributed by atoms with E-state index < -0.39 is 0 Å². The van der Waals surface area contributed by atoms with Crippen LogP contribution in [0.1, 0.15) is 13.3 Å². The molecule has 1 rings (SSSR count). The van der Waals surface area contributed by atoms with Gasteiger partial charge in [0.05, 0.1) is 24.7 Å². The fourth-order valence-corrected chi connectivity index (χ4v) is 2.06. The summed E-state index contributed by atoms with van der Waals surface area (Å²) in [5.74, 6) is -0.114. The van der Waals surface area contributed by atoms with E-state index in [-0.39, 0.29) is 18.5 Å². The Hall–Kier alpha value is -1.63. The van der Waals surface area contributed by atoms with Crippen molar-refractivity contribution >= 4 is 5.91 Å². The Balaban J connectivity index is 2.29. The first-order valence-corrected chi connectivity index (χ1v) is 6.21. The minimum atomic E-state index is -0.114. The zero-order valence-corrected chi connectivity index (χ0v) is 10.7. The van der Waals surface area contributed by atoms with Crippen molar-refractivity contribution in [3.05, 3.63) is 0 Å². The number of nitrogens with zero attached hydrogens (tertiary/aromatic N) is 4. The van der Waals surface area contributed by atoms with Crippen LogP contribution in [0.3, 0.4) is 0 Å². The molecule has 1 atom stereocenters. The molecule has 1 saturated heterocycles. The van der Waals surface area contributed by atoms with Crippen molar-refractivity contribution in [3.63, 3.8) is 0 Å². The monoisotopic (exact) mass is 249 g/mol. The summed E-state index contributed by atoms with van der Waals surface area (Å²) in [7, 11) is 0. The largest absolute Gasteiger partial charge is 0.342 e. The molecule has 0 aliphatic carbocycles. The van der Waals surface area contributed by atoms with E-state index in [1.807, 2.05) is 17.9 Å². The van der Waals surface area contributed by atoms with Crippen LogP contribution < -0.4 is 5.32 Å². The molecular weight excluding hydrogens is 230 g/mol. The summed E-state index contributed by atoms with van der Waals surface area (Å²) in [5.41, 5.74) is 0. The van der Waals surface area contributed by atoms with Crippen molar-refractivity contribution < 1.29 is 4.79 Å². The van der Waals surface area contributed by atoms with Crippen LogP contribution >= 0.6 is 0 Å². The fraction of sp³-hybridized carbons (Fsp3) is 0.750. The number of nitriles is 2. The lowest BCUT2D eigenvalue weighted by Crippen LogP contribution is -2.52. The summed E-state index contributed by atoms with van der Waals surface area (Å²) in [6.07, 6.45) is 0.832. The average Bonchev–Trinajstić information content (AvgIpc) is 2.40. The summed E-state index contributed by atoms with van der Waals surface area (Å²) in [5, 5.41) is 19.9. The van der Waals surface area contributed by atoms with Gasteiger partial charge < -0.3 is 5.32 Å². The number of amides is 1. The quantitative estimate of drug-likeness (QED) is 0.667. The van der Waals surface area contributed by atoms with Crippen molar-refractivity contribution in [2.45, 2.75) is 19.4 Å². The molecule has 1 fully saturated rings. The molecule has 0 aromatic carbocycles. The Morgan fingerprint density at radius 1 is 1.33 bits per heavy atom. The third-order valence-electron chi connectivity index (χ3n) is 3.12. The van der Waals surface area contributed by atoms with Gasteiger partial charge in [-0.25, -0.2) is 0 Å². The molecule has 98 valence electrons. The number of rotatable bonds is 5. The predicted octanol–water partition coefficient (Wildman–Crippen LogP) is -0.454. The molecule has 6 nitrogen and oxygen atoms in total. The van der Waals surface area contributed by atoms with E-state index in [1.54, 1.807) is 0 Å². The van der Waals surface area contributed by atoms with Gasteiger partial charge in [0.2, 0.25) is 5.91 Å². The van der Waals surface area contributed by atoms with Crippen molar-refractivity contribution in [2.24, 2.45) is 0 Å². The highest BCUT2D eigenvalue weighted by Crippen LogP contribution is 2.08. The lowest BCUT2D eigenvalue weighted by Gasteiger charge is -2.36. The molecule has 0 radical (unpaired) electrons. The number of hydrogen-bond donors (Lipinski definition) is 1. The molecule has 1 heterocycles. The number of carbonyl (C=O) groups is 1. The fourth-order valence-electron chi connectivity index (χ4n) is 2.06. The molecule has 0 aromatic heterocycles. The topological polar surface area (TPSA) is 83.2 Å². The highest BCUT2D eigenvalue weighted by Gasteiger charge is 2.23. The zero-order valence-electron chi connectivity index (χ0n) is 10.7. The van der Waals surface area contributed by atoms with Gasteiger partial charge in [0.1, 0.15) is 6.54 Å². The third-order valence-corrected chi connectivity index (χ3v) is 3.12. The number of piperazine rings is 1. The van der Waals surface area contributed by atoms with Crippen LogP contribution in [0.25, 0.3) is 0 Å². The number of carbonyl (C=O) groups excluding carboxylic acids is 1. The van der Waals surface area contributed by atoms with Gasteiger partial charge in [-0.3, -0.25) is 14.6 Å². The van der Waals surface area contributed by atoms with E-state index in [0.717, 1.165) is 32.6 Å². The maximum absolute atomic E-state index is 11.4. The van der Waals surface area contributed by atoms with Gasteiger partial charge in [0, 0.05) is 26.2 Å². The Morgan fingerprint density at radius 2 is 2.00 bits per heavy atom. The van der Waals surface area contributed by atoms with Crippen LogP contribution in [0, 0.1) is 22.7 Å². The maximum atomic E-state index is 11.4. The van der Waals surface area contributed by atoms with Gasteiger partial charge >= 0.3 is 0 Å². The first-order valence-electron chi connectivity index (χ1n) is 6.21. The molecule has 1 N–H and O–H groups in total. The third kappa shape index (κ3) is 4.33. The molecule has 0 spiro atoms. The molecule has 1 aliphatic rings. The van der Waals surface area contributed by atoms with Crippen LogP contribution in [0.4, 0.5) is 0 Å². The lowest BCUT2D eigenvalue weighted by molar-refractivity contribution is -0.122. The van der Waals surface area contributed by atoms with Crippen LogP contribution in [0.15, 0.2) is 0 Å².